The first-order valence-corrected chi connectivity index (χ1v) is 5.11. The molecule has 1 aliphatic carbocycles. The SMILES string of the molecule is CC1CC1CNCC(C(N)=NO)C(F)(F)F. The number of hydrogen-bond acceptors (Lipinski definition) is 3. The van der Waals surface area contributed by atoms with Crippen molar-refractivity contribution in [2.24, 2.45) is 28.6 Å². The van der Waals surface area contributed by atoms with Crippen LogP contribution in [0.3, 0.4) is 0 Å². The van der Waals surface area contributed by atoms with Crippen LogP contribution >= 0.6 is 0 Å². The van der Waals surface area contributed by atoms with Crippen LogP contribution in [-0.4, -0.2) is 30.3 Å². The van der Waals surface area contributed by atoms with E-state index in [1.807, 2.05) is 0 Å². The van der Waals surface area contributed by atoms with Gasteiger partial charge in [0.25, 0.3) is 0 Å². The molecule has 0 spiro atoms. The molecule has 4 nitrogen and oxygen atoms in total. The Labute approximate surface area is 91.7 Å². The van der Waals surface area contributed by atoms with E-state index in [0.29, 0.717) is 18.4 Å². The number of nitrogens with two attached hydrogens (primary N) is 1. The molecule has 0 aromatic heterocycles. The van der Waals surface area contributed by atoms with Gasteiger partial charge < -0.3 is 16.3 Å². The monoisotopic (exact) mass is 239 g/mol. The Morgan fingerprint density at radius 1 is 1.62 bits per heavy atom. The third kappa shape index (κ3) is 3.55. The van der Waals surface area contributed by atoms with Gasteiger partial charge in [0, 0.05) is 6.54 Å². The van der Waals surface area contributed by atoms with E-state index < -0.39 is 17.9 Å². The number of halogens is 3. The lowest BCUT2D eigenvalue weighted by molar-refractivity contribution is -0.154. The summed E-state index contributed by atoms with van der Waals surface area (Å²) in [5.41, 5.74) is 5.00. The Morgan fingerprint density at radius 2 is 2.19 bits per heavy atom. The van der Waals surface area contributed by atoms with Crippen molar-refractivity contribution in [1.29, 1.82) is 0 Å². The lowest BCUT2D eigenvalue weighted by atomic mass is 10.1. The lowest BCUT2D eigenvalue weighted by Gasteiger charge is -2.19. The molecular weight excluding hydrogens is 223 g/mol. The molecule has 7 heteroatoms. The molecule has 1 rings (SSSR count). The molecule has 3 unspecified atom stereocenters. The third-order valence-corrected chi connectivity index (χ3v) is 2.90. The third-order valence-electron chi connectivity index (χ3n) is 2.90. The van der Waals surface area contributed by atoms with Crippen molar-refractivity contribution in [2.75, 3.05) is 13.1 Å². The average Bonchev–Trinajstić information content (AvgIpc) is 2.86. The summed E-state index contributed by atoms with van der Waals surface area (Å²) in [6, 6.07) is 0. The van der Waals surface area contributed by atoms with Crippen LogP contribution in [0.15, 0.2) is 5.16 Å². The topological polar surface area (TPSA) is 70.6 Å². The summed E-state index contributed by atoms with van der Waals surface area (Å²) in [4.78, 5) is 0. The average molecular weight is 239 g/mol. The van der Waals surface area contributed by atoms with Gasteiger partial charge in [0.05, 0.1) is 0 Å². The molecule has 0 aromatic rings. The van der Waals surface area contributed by atoms with Crippen molar-refractivity contribution < 1.29 is 18.4 Å². The van der Waals surface area contributed by atoms with E-state index in [2.05, 4.69) is 17.4 Å². The lowest BCUT2D eigenvalue weighted by Crippen LogP contribution is -2.43. The molecule has 94 valence electrons. The number of amidine groups is 1. The molecule has 1 saturated carbocycles. The summed E-state index contributed by atoms with van der Waals surface area (Å²) in [6.07, 6.45) is -3.44. The highest BCUT2D eigenvalue weighted by molar-refractivity contribution is 5.83. The normalized spacial score (nSPS) is 27.9. The predicted molar refractivity (Wildman–Crippen MR) is 53.1 cm³/mol. The second-order valence-electron chi connectivity index (χ2n) is 4.25. The van der Waals surface area contributed by atoms with E-state index in [1.165, 1.54) is 0 Å². The zero-order valence-corrected chi connectivity index (χ0v) is 8.96. The van der Waals surface area contributed by atoms with Crippen molar-refractivity contribution in [3.8, 4) is 0 Å². The summed E-state index contributed by atoms with van der Waals surface area (Å²) in [5, 5.41) is 13.4. The highest BCUT2D eigenvalue weighted by atomic mass is 19.4. The number of oxime groups is 1. The summed E-state index contributed by atoms with van der Waals surface area (Å²) in [6.45, 7) is 2.26. The highest BCUT2D eigenvalue weighted by Gasteiger charge is 2.43. The molecule has 0 heterocycles. The van der Waals surface area contributed by atoms with Crippen LogP contribution in [0.1, 0.15) is 13.3 Å². The molecule has 0 aliphatic heterocycles. The van der Waals surface area contributed by atoms with Crippen molar-refractivity contribution in [2.45, 2.75) is 19.5 Å². The Bertz CT molecular complexity index is 267. The van der Waals surface area contributed by atoms with E-state index >= 15 is 0 Å². The number of rotatable bonds is 5. The van der Waals surface area contributed by atoms with Gasteiger partial charge in [0.2, 0.25) is 0 Å². The smallest absolute Gasteiger partial charge is 0.400 e. The quantitative estimate of drug-likeness (QED) is 0.292. The van der Waals surface area contributed by atoms with E-state index in [0.717, 1.165) is 6.42 Å². The zero-order valence-electron chi connectivity index (χ0n) is 8.96. The first-order valence-electron chi connectivity index (χ1n) is 5.11. The van der Waals surface area contributed by atoms with E-state index in [-0.39, 0.29) is 6.54 Å². The number of nitrogens with one attached hydrogen (secondary N) is 1. The molecule has 1 fully saturated rings. The van der Waals surface area contributed by atoms with Gasteiger partial charge in [0.15, 0.2) is 5.84 Å². The minimum absolute atomic E-state index is 0.345. The maximum atomic E-state index is 12.5. The predicted octanol–water partition coefficient (Wildman–Crippen LogP) is 1.16. The van der Waals surface area contributed by atoms with Crippen molar-refractivity contribution in [1.82, 2.24) is 5.32 Å². The van der Waals surface area contributed by atoms with Crippen LogP contribution in [0.5, 0.6) is 0 Å². The summed E-state index contributed by atoms with van der Waals surface area (Å²) < 4.78 is 37.4. The molecule has 3 atom stereocenters. The van der Waals surface area contributed by atoms with Crippen molar-refractivity contribution in [3.63, 3.8) is 0 Å². The van der Waals surface area contributed by atoms with Gasteiger partial charge in [-0.25, -0.2) is 0 Å². The van der Waals surface area contributed by atoms with E-state index in [1.54, 1.807) is 0 Å². The molecule has 0 aromatic carbocycles. The summed E-state index contributed by atoms with van der Waals surface area (Å²) >= 11 is 0. The Hall–Kier alpha value is -0.980. The second kappa shape index (κ2) is 4.90. The van der Waals surface area contributed by atoms with Crippen molar-refractivity contribution in [3.05, 3.63) is 0 Å². The first kappa shape index (κ1) is 13.1. The fourth-order valence-corrected chi connectivity index (χ4v) is 1.55. The molecule has 4 N–H and O–H groups in total. The van der Waals surface area contributed by atoms with Crippen LogP contribution in [0.25, 0.3) is 0 Å². The van der Waals surface area contributed by atoms with Crippen LogP contribution in [0, 0.1) is 17.8 Å². The van der Waals surface area contributed by atoms with Gasteiger partial charge in [-0.1, -0.05) is 12.1 Å². The van der Waals surface area contributed by atoms with Gasteiger partial charge in [-0.2, -0.15) is 13.2 Å². The number of nitrogens with zero attached hydrogens (tertiary/aromatic N) is 1. The minimum atomic E-state index is -4.49. The fourth-order valence-electron chi connectivity index (χ4n) is 1.55. The Kier molecular flexibility index (Phi) is 4.01. The van der Waals surface area contributed by atoms with E-state index in [9.17, 15) is 13.2 Å². The number of hydrogen-bond donors (Lipinski definition) is 3. The van der Waals surface area contributed by atoms with Gasteiger partial charge in [-0.05, 0) is 24.8 Å². The van der Waals surface area contributed by atoms with Gasteiger partial charge in [-0.15, -0.1) is 0 Å². The van der Waals surface area contributed by atoms with Crippen LogP contribution in [0.4, 0.5) is 13.2 Å². The Morgan fingerprint density at radius 3 is 2.56 bits per heavy atom. The molecule has 16 heavy (non-hydrogen) atoms. The second-order valence-corrected chi connectivity index (χ2v) is 4.25. The zero-order chi connectivity index (χ0) is 12.3. The standard InChI is InChI=1S/C9H16F3N3O/c1-5-2-6(5)3-14-4-7(8(13)15-16)9(10,11)12/h5-7,14,16H,2-4H2,1H3,(H2,13,15). The number of alkyl halides is 3. The van der Waals surface area contributed by atoms with Gasteiger partial charge >= 0.3 is 6.18 Å². The molecule has 1 aliphatic rings. The minimum Gasteiger partial charge on any atom is -0.409 e. The van der Waals surface area contributed by atoms with Gasteiger partial charge in [-0.3, -0.25) is 0 Å². The Balaban J connectivity index is 2.38. The molecule has 0 bridgehead atoms. The van der Waals surface area contributed by atoms with Crippen LogP contribution in [-0.2, 0) is 0 Å². The largest absolute Gasteiger partial charge is 0.409 e. The maximum Gasteiger partial charge on any atom is 0.400 e. The molecule has 0 saturated heterocycles. The molecular formula is C9H16F3N3O. The van der Waals surface area contributed by atoms with Crippen molar-refractivity contribution >= 4 is 5.84 Å². The maximum absolute atomic E-state index is 12.5. The fraction of sp³-hybridized carbons (Fsp3) is 0.889. The molecule has 0 radical (unpaired) electrons. The van der Waals surface area contributed by atoms with Gasteiger partial charge in [0.1, 0.15) is 5.92 Å². The summed E-state index contributed by atoms with van der Waals surface area (Å²) in [7, 11) is 0. The first-order chi connectivity index (χ1) is 7.36. The highest BCUT2D eigenvalue weighted by Crippen LogP contribution is 2.36. The van der Waals surface area contributed by atoms with Crippen LogP contribution < -0.4 is 11.1 Å². The molecule has 0 amide bonds. The van der Waals surface area contributed by atoms with Crippen LogP contribution in [0.2, 0.25) is 0 Å². The van der Waals surface area contributed by atoms with E-state index in [4.69, 9.17) is 10.9 Å². The summed E-state index contributed by atoms with van der Waals surface area (Å²) in [5.74, 6) is -1.68.